The predicted molar refractivity (Wildman–Crippen MR) is 134 cm³/mol. The highest BCUT2D eigenvalue weighted by molar-refractivity contribution is 6.08. The molecular weight excluding hydrogens is 376 g/mol. The van der Waals surface area contributed by atoms with E-state index in [0.29, 0.717) is 0 Å². The molecule has 1 saturated carbocycles. The zero-order chi connectivity index (χ0) is 21.7. The van der Waals surface area contributed by atoms with E-state index in [-0.39, 0.29) is 5.54 Å². The van der Waals surface area contributed by atoms with Crippen LogP contribution in [0.25, 0.3) is 5.70 Å². The highest BCUT2D eigenvalue weighted by Gasteiger charge is 2.32. The first-order valence-corrected chi connectivity index (χ1v) is 11.9. The molecule has 1 aromatic rings. The number of aryl methyl sites for hydroxylation is 2. The Morgan fingerprint density at radius 1 is 1.10 bits per heavy atom. The van der Waals surface area contributed by atoms with Gasteiger partial charge in [-0.15, -0.1) is 6.58 Å². The molecule has 1 fully saturated rings. The third-order valence-corrected chi connectivity index (χ3v) is 6.99. The summed E-state index contributed by atoms with van der Waals surface area (Å²) in [6.07, 6.45) is 22.3. The molecule has 1 heterocycles. The van der Waals surface area contributed by atoms with Gasteiger partial charge in [-0.3, -0.25) is 4.99 Å². The molecule has 1 N–H and O–H groups in total. The average Bonchev–Trinajstić information content (AvgIpc) is 3.41. The van der Waals surface area contributed by atoms with Crippen LogP contribution >= 0.6 is 0 Å². The van der Waals surface area contributed by atoms with Crippen LogP contribution in [0.2, 0.25) is 0 Å². The molecule has 2 nitrogen and oxygen atoms in total. The molecule has 3 aliphatic rings. The fourth-order valence-electron chi connectivity index (χ4n) is 5.35. The van der Waals surface area contributed by atoms with E-state index in [1.165, 1.54) is 73.6 Å². The molecule has 0 spiro atoms. The summed E-state index contributed by atoms with van der Waals surface area (Å²) in [4.78, 5) is 5.13. The maximum Gasteiger partial charge on any atom is 0.0742 e. The van der Waals surface area contributed by atoms with Crippen LogP contribution in [0, 0.1) is 0 Å². The molecule has 0 saturated heterocycles. The van der Waals surface area contributed by atoms with Crippen LogP contribution in [0.1, 0.15) is 75.0 Å². The fourth-order valence-corrected chi connectivity index (χ4v) is 5.35. The van der Waals surface area contributed by atoms with E-state index >= 15 is 0 Å². The van der Waals surface area contributed by atoms with Gasteiger partial charge in [0.05, 0.1) is 11.4 Å². The first kappa shape index (κ1) is 21.6. The minimum Gasteiger partial charge on any atom is -0.378 e. The third kappa shape index (κ3) is 4.84. The van der Waals surface area contributed by atoms with E-state index in [9.17, 15) is 0 Å². The summed E-state index contributed by atoms with van der Waals surface area (Å²) in [5, 5.41) is 3.82. The second-order valence-corrected chi connectivity index (χ2v) is 9.27. The van der Waals surface area contributed by atoms with Crippen molar-refractivity contribution in [3.63, 3.8) is 0 Å². The Morgan fingerprint density at radius 2 is 1.90 bits per heavy atom. The molecule has 1 aliphatic heterocycles. The minimum atomic E-state index is 0.0941. The third-order valence-electron chi connectivity index (χ3n) is 6.99. The first-order valence-electron chi connectivity index (χ1n) is 11.9. The number of nitrogens with one attached hydrogen (secondary N) is 1. The predicted octanol–water partition coefficient (Wildman–Crippen LogP) is 7.25. The van der Waals surface area contributed by atoms with Crippen molar-refractivity contribution < 1.29 is 0 Å². The highest BCUT2D eigenvalue weighted by atomic mass is 15.0. The lowest BCUT2D eigenvalue weighted by Crippen LogP contribution is -2.46. The Balaban J connectivity index is 1.60. The lowest BCUT2D eigenvalue weighted by molar-refractivity contribution is 0.255. The van der Waals surface area contributed by atoms with Crippen molar-refractivity contribution in [2.45, 2.75) is 76.7 Å². The highest BCUT2D eigenvalue weighted by Crippen LogP contribution is 2.36. The quantitative estimate of drug-likeness (QED) is 0.353. The summed E-state index contributed by atoms with van der Waals surface area (Å²) in [5.74, 6) is 0. The van der Waals surface area contributed by atoms with E-state index in [1.807, 2.05) is 6.92 Å². The standard InChI is InChI=1S/C29H36N2/c1-4-6-8-12-25-21-27(22(3)31-29(17-5-2)18-9-7-10-19-29)30-28(25)26-16-15-23-13-11-14-24(23)20-26/h4-6,8,12,15-16,20,31H,2-3,7,9-11,13-14,17-19,21H2,1H3/b6-4-,12-8-. The molecule has 162 valence electrons. The Labute approximate surface area is 188 Å². The minimum absolute atomic E-state index is 0.0941. The van der Waals surface area contributed by atoms with Crippen molar-refractivity contribution in [1.29, 1.82) is 0 Å². The van der Waals surface area contributed by atoms with Gasteiger partial charge in [0.25, 0.3) is 0 Å². The Kier molecular flexibility index (Phi) is 6.75. The second-order valence-electron chi connectivity index (χ2n) is 9.27. The molecule has 31 heavy (non-hydrogen) atoms. The van der Waals surface area contributed by atoms with Crippen molar-refractivity contribution >= 4 is 11.4 Å². The van der Waals surface area contributed by atoms with Crippen LogP contribution in [0.5, 0.6) is 0 Å². The van der Waals surface area contributed by atoms with Gasteiger partial charge in [-0.2, -0.15) is 0 Å². The van der Waals surface area contributed by atoms with Crippen LogP contribution in [-0.2, 0) is 12.8 Å². The summed E-state index contributed by atoms with van der Waals surface area (Å²) in [6.45, 7) is 10.5. The Bertz CT molecular complexity index is 964. The maximum absolute atomic E-state index is 5.13. The van der Waals surface area contributed by atoms with Crippen LogP contribution in [0.4, 0.5) is 0 Å². The van der Waals surface area contributed by atoms with Crippen molar-refractivity contribution in [2.75, 3.05) is 0 Å². The van der Waals surface area contributed by atoms with E-state index in [0.717, 1.165) is 29.9 Å². The number of hydrogen-bond acceptors (Lipinski definition) is 2. The van der Waals surface area contributed by atoms with Crippen LogP contribution in [-0.4, -0.2) is 11.3 Å². The normalized spacial score (nSPS) is 20.4. The van der Waals surface area contributed by atoms with E-state index < -0.39 is 0 Å². The zero-order valence-corrected chi connectivity index (χ0v) is 19.1. The summed E-state index contributed by atoms with van der Waals surface area (Å²) in [6, 6.07) is 6.93. The second kappa shape index (κ2) is 9.68. The lowest BCUT2D eigenvalue weighted by Gasteiger charge is -2.39. The lowest BCUT2D eigenvalue weighted by atomic mass is 9.79. The molecule has 4 rings (SSSR count). The summed E-state index contributed by atoms with van der Waals surface area (Å²) in [5.41, 5.74) is 8.77. The van der Waals surface area contributed by atoms with Crippen molar-refractivity contribution in [3.8, 4) is 0 Å². The van der Waals surface area contributed by atoms with Gasteiger partial charge < -0.3 is 5.32 Å². The van der Waals surface area contributed by atoms with Crippen LogP contribution in [0.3, 0.4) is 0 Å². The van der Waals surface area contributed by atoms with Gasteiger partial charge in [0.1, 0.15) is 0 Å². The molecule has 1 aromatic carbocycles. The monoisotopic (exact) mass is 412 g/mol. The van der Waals surface area contributed by atoms with Gasteiger partial charge in [0.2, 0.25) is 0 Å². The number of rotatable bonds is 8. The summed E-state index contributed by atoms with van der Waals surface area (Å²) < 4.78 is 0. The van der Waals surface area contributed by atoms with Crippen molar-refractivity contribution in [1.82, 2.24) is 5.32 Å². The van der Waals surface area contributed by atoms with Crippen molar-refractivity contribution in [2.24, 2.45) is 4.99 Å². The van der Waals surface area contributed by atoms with Crippen LogP contribution < -0.4 is 5.32 Å². The number of hydrogen-bond donors (Lipinski definition) is 1. The zero-order valence-electron chi connectivity index (χ0n) is 19.1. The van der Waals surface area contributed by atoms with Crippen molar-refractivity contribution in [3.05, 3.63) is 89.7 Å². The van der Waals surface area contributed by atoms with Gasteiger partial charge in [-0.05, 0) is 68.2 Å². The molecule has 0 unspecified atom stereocenters. The maximum atomic E-state index is 5.13. The van der Waals surface area contributed by atoms with Gasteiger partial charge in [-0.25, -0.2) is 0 Å². The van der Waals surface area contributed by atoms with Gasteiger partial charge in [0.15, 0.2) is 0 Å². The molecule has 0 aromatic heterocycles. The smallest absolute Gasteiger partial charge is 0.0742 e. The summed E-state index contributed by atoms with van der Waals surface area (Å²) >= 11 is 0. The number of aliphatic imine (C=N–C) groups is 1. The van der Waals surface area contributed by atoms with Gasteiger partial charge in [0, 0.05) is 23.2 Å². The van der Waals surface area contributed by atoms with Crippen LogP contribution in [0.15, 0.2) is 78.0 Å². The molecule has 2 heteroatoms. The van der Waals surface area contributed by atoms with Gasteiger partial charge >= 0.3 is 0 Å². The fraction of sp³-hybridized carbons (Fsp3) is 0.414. The molecular formula is C29H36N2. The number of nitrogens with zero attached hydrogens (tertiary/aromatic N) is 1. The molecule has 0 atom stereocenters. The number of benzene rings is 1. The molecule has 0 radical (unpaired) electrons. The van der Waals surface area contributed by atoms with E-state index in [1.54, 1.807) is 0 Å². The molecule has 0 bridgehead atoms. The average molecular weight is 413 g/mol. The Hall–Kier alpha value is -2.61. The summed E-state index contributed by atoms with van der Waals surface area (Å²) in [7, 11) is 0. The van der Waals surface area contributed by atoms with E-state index in [2.05, 4.69) is 67.1 Å². The molecule has 0 amide bonds. The SMILES string of the molecule is C=CCC1(NC(=C)C2=NC(c3ccc4c(c3)CCC4)=C(/C=C\C=C/C)C2)CCCCC1. The van der Waals surface area contributed by atoms with Gasteiger partial charge in [-0.1, -0.05) is 68.4 Å². The number of allylic oxidation sites excluding steroid dienone is 6. The number of fused-ring (bicyclic) bond motifs is 1. The van der Waals surface area contributed by atoms with E-state index in [4.69, 9.17) is 4.99 Å². The first-order chi connectivity index (χ1) is 15.1. The Morgan fingerprint density at radius 3 is 2.68 bits per heavy atom. The topological polar surface area (TPSA) is 24.4 Å². The molecule has 2 aliphatic carbocycles. The largest absolute Gasteiger partial charge is 0.378 e.